The van der Waals surface area contributed by atoms with Crippen molar-refractivity contribution in [2.45, 2.75) is 38.6 Å². The molecular weight excluding hydrogens is 236 g/mol. The maximum absolute atomic E-state index is 11.4. The van der Waals surface area contributed by atoms with Crippen LogP contribution in [0.4, 0.5) is 0 Å². The van der Waals surface area contributed by atoms with Crippen molar-refractivity contribution >= 4 is 9.84 Å². The fourth-order valence-electron chi connectivity index (χ4n) is 2.96. The molecule has 94 valence electrons. The molecule has 1 aromatic rings. The van der Waals surface area contributed by atoms with Crippen LogP contribution in [0.3, 0.4) is 0 Å². The maximum atomic E-state index is 11.4. The SMILES string of the molecule is O=S1(=O)CCC(Cc2ncc3n2CCCC3)C1. The molecule has 2 aliphatic rings. The highest BCUT2D eigenvalue weighted by atomic mass is 32.2. The van der Waals surface area contributed by atoms with Gasteiger partial charge in [-0.25, -0.2) is 13.4 Å². The lowest BCUT2D eigenvalue weighted by atomic mass is 10.0. The summed E-state index contributed by atoms with van der Waals surface area (Å²) in [5.41, 5.74) is 1.33. The van der Waals surface area contributed by atoms with E-state index in [9.17, 15) is 8.42 Å². The normalized spacial score (nSPS) is 26.9. The van der Waals surface area contributed by atoms with E-state index in [1.807, 2.05) is 6.20 Å². The Hall–Kier alpha value is -0.840. The molecule has 0 aliphatic carbocycles. The molecule has 1 saturated heterocycles. The fraction of sp³-hybridized carbons (Fsp3) is 0.750. The van der Waals surface area contributed by atoms with Gasteiger partial charge < -0.3 is 4.57 Å². The molecule has 0 bridgehead atoms. The molecule has 0 radical (unpaired) electrons. The van der Waals surface area contributed by atoms with E-state index in [1.54, 1.807) is 0 Å². The fourth-order valence-corrected chi connectivity index (χ4v) is 4.82. The van der Waals surface area contributed by atoms with Crippen molar-refractivity contribution in [1.82, 2.24) is 9.55 Å². The Morgan fingerprint density at radius 3 is 3.06 bits per heavy atom. The summed E-state index contributed by atoms with van der Waals surface area (Å²) in [7, 11) is -2.76. The molecular formula is C12H18N2O2S. The number of hydrogen-bond acceptors (Lipinski definition) is 3. The molecule has 1 unspecified atom stereocenters. The van der Waals surface area contributed by atoms with E-state index in [4.69, 9.17) is 0 Å². The lowest BCUT2D eigenvalue weighted by Gasteiger charge is -2.17. The third-order valence-electron chi connectivity index (χ3n) is 3.88. The van der Waals surface area contributed by atoms with Crippen molar-refractivity contribution in [1.29, 1.82) is 0 Å². The second-order valence-corrected chi connectivity index (χ2v) is 7.48. The van der Waals surface area contributed by atoms with E-state index in [0.717, 1.165) is 31.6 Å². The van der Waals surface area contributed by atoms with Gasteiger partial charge in [-0.3, -0.25) is 0 Å². The molecule has 0 saturated carbocycles. The summed E-state index contributed by atoms with van der Waals surface area (Å²) < 4.78 is 25.2. The predicted octanol–water partition coefficient (Wildman–Crippen LogP) is 1.20. The zero-order chi connectivity index (χ0) is 11.9. The van der Waals surface area contributed by atoms with Gasteiger partial charge in [0.1, 0.15) is 5.82 Å². The van der Waals surface area contributed by atoms with Crippen LogP contribution in [0.25, 0.3) is 0 Å². The molecule has 0 amide bonds. The van der Waals surface area contributed by atoms with Gasteiger partial charge in [0.2, 0.25) is 0 Å². The predicted molar refractivity (Wildman–Crippen MR) is 65.6 cm³/mol. The second kappa shape index (κ2) is 4.12. The standard InChI is InChI=1S/C12H18N2O2S/c15-17(16)6-4-10(9-17)7-12-13-8-11-3-1-2-5-14(11)12/h8,10H,1-7,9H2. The summed E-state index contributed by atoms with van der Waals surface area (Å²) in [5.74, 6) is 2.11. The van der Waals surface area contributed by atoms with Gasteiger partial charge in [0.25, 0.3) is 0 Å². The van der Waals surface area contributed by atoms with E-state index in [1.165, 1.54) is 18.5 Å². The molecule has 1 atom stereocenters. The van der Waals surface area contributed by atoms with Gasteiger partial charge >= 0.3 is 0 Å². The molecule has 3 rings (SSSR count). The highest BCUT2D eigenvalue weighted by Crippen LogP contribution is 2.24. The van der Waals surface area contributed by atoms with Crippen LogP contribution >= 0.6 is 0 Å². The van der Waals surface area contributed by atoms with Gasteiger partial charge in [-0.2, -0.15) is 0 Å². The number of hydrogen-bond donors (Lipinski definition) is 0. The number of sulfone groups is 1. The van der Waals surface area contributed by atoms with Crippen LogP contribution in [-0.2, 0) is 29.2 Å². The molecule has 3 heterocycles. The summed E-state index contributed by atoms with van der Waals surface area (Å²) in [4.78, 5) is 4.48. The molecule has 0 N–H and O–H groups in total. The molecule has 1 aromatic heterocycles. The van der Waals surface area contributed by atoms with Crippen LogP contribution in [-0.4, -0.2) is 29.5 Å². The molecule has 17 heavy (non-hydrogen) atoms. The number of aromatic nitrogens is 2. The average molecular weight is 254 g/mol. The summed E-state index contributed by atoms with van der Waals surface area (Å²) in [6, 6.07) is 0. The first kappa shape index (κ1) is 11.3. The summed E-state index contributed by atoms with van der Waals surface area (Å²) in [6.07, 6.45) is 7.21. The van der Waals surface area contributed by atoms with E-state index in [2.05, 4.69) is 9.55 Å². The van der Waals surface area contributed by atoms with Gasteiger partial charge in [0.05, 0.1) is 11.5 Å². The topological polar surface area (TPSA) is 52.0 Å². The van der Waals surface area contributed by atoms with Crippen molar-refractivity contribution in [3.05, 3.63) is 17.7 Å². The van der Waals surface area contributed by atoms with Crippen molar-refractivity contribution in [2.24, 2.45) is 5.92 Å². The minimum atomic E-state index is -2.76. The van der Waals surface area contributed by atoms with Crippen molar-refractivity contribution in [2.75, 3.05) is 11.5 Å². The van der Waals surface area contributed by atoms with Crippen LogP contribution in [0.2, 0.25) is 0 Å². The van der Waals surface area contributed by atoms with Gasteiger partial charge in [-0.05, 0) is 31.6 Å². The van der Waals surface area contributed by atoms with E-state index in [-0.39, 0.29) is 5.92 Å². The number of rotatable bonds is 2. The minimum Gasteiger partial charge on any atom is -0.332 e. The minimum absolute atomic E-state index is 0.286. The Morgan fingerprint density at radius 1 is 1.41 bits per heavy atom. The highest BCUT2D eigenvalue weighted by Gasteiger charge is 2.29. The quantitative estimate of drug-likeness (QED) is 0.797. The average Bonchev–Trinajstić information content (AvgIpc) is 2.84. The lowest BCUT2D eigenvalue weighted by Crippen LogP contribution is -2.16. The van der Waals surface area contributed by atoms with Crippen molar-refractivity contribution in [3.8, 4) is 0 Å². The van der Waals surface area contributed by atoms with Gasteiger partial charge in [-0.15, -0.1) is 0 Å². The van der Waals surface area contributed by atoms with Crippen LogP contribution in [0.5, 0.6) is 0 Å². The van der Waals surface area contributed by atoms with Crippen LogP contribution in [0.15, 0.2) is 6.20 Å². The first-order valence-electron chi connectivity index (χ1n) is 6.38. The Kier molecular flexibility index (Phi) is 2.73. The first-order chi connectivity index (χ1) is 8.14. The second-order valence-electron chi connectivity index (χ2n) is 5.25. The van der Waals surface area contributed by atoms with Crippen LogP contribution < -0.4 is 0 Å². The van der Waals surface area contributed by atoms with Gasteiger partial charge in [-0.1, -0.05) is 0 Å². The molecule has 4 nitrogen and oxygen atoms in total. The van der Waals surface area contributed by atoms with Crippen molar-refractivity contribution < 1.29 is 8.42 Å². The smallest absolute Gasteiger partial charge is 0.150 e. The largest absolute Gasteiger partial charge is 0.332 e. The molecule has 5 heteroatoms. The van der Waals surface area contributed by atoms with Crippen LogP contribution in [0, 0.1) is 5.92 Å². The third kappa shape index (κ3) is 2.25. The van der Waals surface area contributed by atoms with Gasteiger partial charge in [0.15, 0.2) is 9.84 Å². The monoisotopic (exact) mass is 254 g/mol. The molecule has 2 aliphatic heterocycles. The first-order valence-corrected chi connectivity index (χ1v) is 8.20. The van der Waals surface area contributed by atoms with E-state index in [0.29, 0.717) is 11.5 Å². The summed E-state index contributed by atoms with van der Waals surface area (Å²) in [5, 5.41) is 0. The third-order valence-corrected chi connectivity index (χ3v) is 5.72. The zero-order valence-corrected chi connectivity index (χ0v) is 10.7. The molecule has 1 fully saturated rings. The summed E-state index contributed by atoms with van der Waals surface area (Å²) in [6.45, 7) is 1.06. The Morgan fingerprint density at radius 2 is 2.29 bits per heavy atom. The Bertz CT molecular complexity index is 519. The van der Waals surface area contributed by atoms with Crippen molar-refractivity contribution in [3.63, 3.8) is 0 Å². The number of nitrogens with zero attached hydrogens (tertiary/aromatic N) is 2. The Labute approximate surface area is 102 Å². The van der Waals surface area contributed by atoms with Gasteiger partial charge in [0, 0.05) is 24.9 Å². The number of aryl methyl sites for hydroxylation is 1. The highest BCUT2D eigenvalue weighted by molar-refractivity contribution is 7.91. The van der Waals surface area contributed by atoms with Crippen LogP contribution in [0.1, 0.15) is 30.8 Å². The molecule has 0 spiro atoms. The zero-order valence-electron chi connectivity index (χ0n) is 9.93. The number of fused-ring (bicyclic) bond motifs is 1. The van der Waals surface area contributed by atoms with E-state index < -0.39 is 9.84 Å². The maximum Gasteiger partial charge on any atom is 0.150 e. The lowest BCUT2D eigenvalue weighted by molar-refractivity contribution is 0.487. The van der Waals surface area contributed by atoms with E-state index >= 15 is 0 Å². The molecule has 0 aromatic carbocycles. The Balaban J connectivity index is 1.76. The summed E-state index contributed by atoms with van der Waals surface area (Å²) >= 11 is 0. The number of imidazole rings is 1.